The molecule has 0 spiro atoms. The normalized spacial score (nSPS) is 28.7. The summed E-state index contributed by atoms with van der Waals surface area (Å²) in [7, 11) is 0. The number of hydrogen-bond acceptors (Lipinski definition) is 2. The highest BCUT2D eigenvalue weighted by atomic mass is 16.2. The largest absolute Gasteiger partial charge is 0.289 e. The second-order valence-corrected chi connectivity index (χ2v) is 5.03. The van der Waals surface area contributed by atoms with Gasteiger partial charge in [-0.05, 0) is 18.4 Å². The first-order chi connectivity index (χ1) is 8.34. The Morgan fingerprint density at radius 2 is 2.00 bits per heavy atom. The Kier molecular flexibility index (Phi) is 2.75. The molecule has 0 bridgehead atoms. The van der Waals surface area contributed by atoms with Crippen molar-refractivity contribution in [3.05, 3.63) is 36.1 Å². The van der Waals surface area contributed by atoms with Gasteiger partial charge in [0.2, 0.25) is 5.91 Å². The van der Waals surface area contributed by atoms with Gasteiger partial charge >= 0.3 is 0 Å². The zero-order chi connectivity index (χ0) is 11.7. The number of nitrogens with one attached hydrogen (secondary N) is 1. The third kappa shape index (κ3) is 2.02. The highest BCUT2D eigenvalue weighted by Crippen LogP contribution is 2.28. The standard InChI is InChI=1S/C14H18N2O/c17-14-13-9-5-4-6-11(13)10-16(15-14)12-7-2-1-3-8-12/h4-6,9-10,12-13H,1-3,7-8H2,(H,15,17). The lowest BCUT2D eigenvalue weighted by atomic mass is 9.91. The first-order valence-corrected chi connectivity index (χ1v) is 6.50. The van der Waals surface area contributed by atoms with Gasteiger partial charge in [-0.3, -0.25) is 15.2 Å². The summed E-state index contributed by atoms with van der Waals surface area (Å²) in [5, 5.41) is 2.04. The fraction of sp³-hybridized carbons (Fsp3) is 0.500. The number of nitrogens with zero attached hydrogens (tertiary/aromatic N) is 1. The first kappa shape index (κ1) is 10.6. The van der Waals surface area contributed by atoms with Crippen molar-refractivity contribution in [2.45, 2.75) is 38.1 Å². The molecule has 0 aromatic carbocycles. The Bertz CT molecular complexity index is 402. The molecule has 3 nitrogen and oxygen atoms in total. The van der Waals surface area contributed by atoms with Crippen LogP contribution in [0.3, 0.4) is 0 Å². The highest BCUT2D eigenvalue weighted by molar-refractivity contribution is 5.85. The van der Waals surface area contributed by atoms with Crippen LogP contribution in [0.25, 0.3) is 0 Å². The summed E-state index contributed by atoms with van der Waals surface area (Å²) in [4.78, 5) is 12.0. The Labute approximate surface area is 102 Å². The molecule has 2 aliphatic carbocycles. The molecule has 17 heavy (non-hydrogen) atoms. The lowest BCUT2D eigenvalue weighted by Gasteiger charge is -2.38. The fourth-order valence-corrected chi connectivity index (χ4v) is 2.86. The smallest absolute Gasteiger partial charge is 0.249 e. The van der Waals surface area contributed by atoms with Crippen molar-refractivity contribution in [1.29, 1.82) is 0 Å². The summed E-state index contributed by atoms with van der Waals surface area (Å²) < 4.78 is 0. The molecule has 3 rings (SSSR count). The van der Waals surface area contributed by atoms with Crippen LogP contribution in [-0.4, -0.2) is 17.0 Å². The van der Waals surface area contributed by atoms with E-state index in [1.54, 1.807) is 0 Å². The molecule has 0 aromatic rings. The Morgan fingerprint density at radius 1 is 1.18 bits per heavy atom. The SMILES string of the molecule is O=C1NN(C2CCCCC2)C=C2C=CC=CC12. The molecule has 1 N–H and O–H groups in total. The van der Waals surface area contributed by atoms with Gasteiger partial charge in [-0.2, -0.15) is 0 Å². The second-order valence-electron chi connectivity index (χ2n) is 5.03. The predicted octanol–water partition coefficient (Wildman–Crippen LogP) is 2.29. The van der Waals surface area contributed by atoms with Crippen LogP contribution in [0.1, 0.15) is 32.1 Å². The molecular weight excluding hydrogens is 212 g/mol. The average Bonchev–Trinajstić information content (AvgIpc) is 2.40. The summed E-state index contributed by atoms with van der Waals surface area (Å²) in [6.07, 6.45) is 16.3. The number of carbonyl (C=O) groups is 1. The van der Waals surface area contributed by atoms with Gasteiger partial charge in [0, 0.05) is 12.2 Å². The minimum absolute atomic E-state index is 0.0835. The molecule has 0 aromatic heterocycles. The van der Waals surface area contributed by atoms with Crippen molar-refractivity contribution in [3.8, 4) is 0 Å². The minimum atomic E-state index is -0.0835. The van der Waals surface area contributed by atoms with Gasteiger partial charge in [0.05, 0.1) is 5.92 Å². The number of amides is 1. The number of fused-ring (bicyclic) bond motifs is 1. The zero-order valence-corrected chi connectivity index (χ0v) is 9.93. The van der Waals surface area contributed by atoms with Gasteiger partial charge in [0.15, 0.2) is 0 Å². The predicted molar refractivity (Wildman–Crippen MR) is 66.7 cm³/mol. The topological polar surface area (TPSA) is 32.3 Å². The van der Waals surface area contributed by atoms with Gasteiger partial charge in [0.1, 0.15) is 0 Å². The molecule has 1 heterocycles. The van der Waals surface area contributed by atoms with E-state index in [0.29, 0.717) is 6.04 Å². The molecular formula is C14H18N2O. The van der Waals surface area contributed by atoms with Crippen LogP contribution < -0.4 is 5.43 Å². The van der Waals surface area contributed by atoms with Gasteiger partial charge < -0.3 is 0 Å². The van der Waals surface area contributed by atoms with Crippen molar-refractivity contribution in [2.24, 2.45) is 5.92 Å². The molecule has 1 saturated carbocycles. The van der Waals surface area contributed by atoms with Crippen molar-refractivity contribution in [3.63, 3.8) is 0 Å². The molecule has 1 atom stereocenters. The van der Waals surface area contributed by atoms with Gasteiger partial charge in [-0.25, -0.2) is 0 Å². The van der Waals surface area contributed by atoms with Crippen LogP contribution in [0.5, 0.6) is 0 Å². The lowest BCUT2D eigenvalue weighted by molar-refractivity contribution is -0.128. The quantitative estimate of drug-likeness (QED) is 0.749. The summed E-state index contributed by atoms with van der Waals surface area (Å²) in [5.74, 6) is 0.0218. The molecule has 3 aliphatic rings. The Hall–Kier alpha value is -1.51. The van der Waals surface area contributed by atoms with E-state index in [1.165, 1.54) is 32.1 Å². The molecule has 0 saturated heterocycles. The van der Waals surface area contributed by atoms with Crippen LogP contribution in [0.2, 0.25) is 0 Å². The second kappa shape index (κ2) is 4.40. The van der Waals surface area contributed by atoms with Gasteiger partial charge in [-0.1, -0.05) is 43.6 Å². The molecule has 1 amide bonds. The van der Waals surface area contributed by atoms with Gasteiger partial charge in [0.25, 0.3) is 0 Å². The maximum Gasteiger partial charge on any atom is 0.249 e. The van der Waals surface area contributed by atoms with E-state index in [4.69, 9.17) is 0 Å². The van der Waals surface area contributed by atoms with E-state index in [0.717, 1.165) is 5.57 Å². The lowest BCUT2D eigenvalue weighted by Crippen LogP contribution is -2.51. The van der Waals surface area contributed by atoms with E-state index < -0.39 is 0 Å². The van der Waals surface area contributed by atoms with Crippen LogP contribution in [0.4, 0.5) is 0 Å². The minimum Gasteiger partial charge on any atom is -0.289 e. The van der Waals surface area contributed by atoms with E-state index >= 15 is 0 Å². The maximum atomic E-state index is 12.0. The Balaban J connectivity index is 1.81. The summed E-state index contributed by atoms with van der Waals surface area (Å²) in [5.41, 5.74) is 4.13. The van der Waals surface area contributed by atoms with Crippen LogP contribution >= 0.6 is 0 Å². The van der Waals surface area contributed by atoms with Crippen LogP contribution in [-0.2, 0) is 4.79 Å². The van der Waals surface area contributed by atoms with Crippen LogP contribution in [0.15, 0.2) is 36.1 Å². The fourth-order valence-electron chi connectivity index (χ4n) is 2.86. The monoisotopic (exact) mass is 230 g/mol. The maximum absolute atomic E-state index is 12.0. The number of allylic oxidation sites excluding steroid dienone is 3. The molecule has 1 unspecified atom stereocenters. The summed E-state index contributed by atoms with van der Waals surface area (Å²) in [6.45, 7) is 0. The molecule has 3 heteroatoms. The average molecular weight is 230 g/mol. The third-order valence-electron chi connectivity index (χ3n) is 3.84. The molecule has 90 valence electrons. The summed E-state index contributed by atoms with van der Waals surface area (Å²) in [6, 6.07) is 0.487. The molecule has 0 radical (unpaired) electrons. The van der Waals surface area contributed by atoms with E-state index in [1.807, 2.05) is 29.3 Å². The number of rotatable bonds is 1. The highest BCUT2D eigenvalue weighted by Gasteiger charge is 2.30. The Morgan fingerprint density at radius 3 is 2.82 bits per heavy atom. The first-order valence-electron chi connectivity index (χ1n) is 6.50. The molecule has 1 aliphatic heterocycles. The summed E-state index contributed by atoms with van der Waals surface area (Å²) >= 11 is 0. The third-order valence-corrected chi connectivity index (χ3v) is 3.84. The number of hydrazine groups is 1. The van der Waals surface area contributed by atoms with Gasteiger partial charge in [-0.15, -0.1) is 0 Å². The number of carbonyl (C=O) groups excluding carboxylic acids is 1. The van der Waals surface area contributed by atoms with Crippen molar-refractivity contribution < 1.29 is 4.79 Å². The number of hydrogen-bond donors (Lipinski definition) is 1. The van der Waals surface area contributed by atoms with Crippen molar-refractivity contribution in [2.75, 3.05) is 0 Å². The van der Waals surface area contributed by atoms with E-state index in [2.05, 4.69) is 11.6 Å². The van der Waals surface area contributed by atoms with E-state index in [-0.39, 0.29) is 11.8 Å². The van der Waals surface area contributed by atoms with E-state index in [9.17, 15) is 4.79 Å². The van der Waals surface area contributed by atoms with Crippen molar-refractivity contribution >= 4 is 5.91 Å². The van der Waals surface area contributed by atoms with Crippen molar-refractivity contribution in [1.82, 2.24) is 10.4 Å². The molecule has 1 fully saturated rings. The van der Waals surface area contributed by atoms with Crippen LogP contribution in [0, 0.1) is 5.92 Å². The zero-order valence-electron chi connectivity index (χ0n) is 9.93.